The molecule has 2 rings (SSSR count). The molecular weight excluding hydrogens is 399 g/mol. The summed E-state index contributed by atoms with van der Waals surface area (Å²) in [6.45, 7) is 10.9. The number of piperidine rings is 1. The van der Waals surface area contributed by atoms with Gasteiger partial charge < -0.3 is 16.0 Å². The summed E-state index contributed by atoms with van der Waals surface area (Å²) in [5.41, 5.74) is 8.31. The Hall–Kier alpha value is -0.820. The second kappa shape index (κ2) is 10.1. The number of halogens is 1. The fourth-order valence-electron chi connectivity index (χ4n) is 2.96. The van der Waals surface area contributed by atoms with E-state index in [-0.39, 0.29) is 24.0 Å². The van der Waals surface area contributed by atoms with Gasteiger partial charge in [-0.2, -0.15) is 0 Å². The molecule has 0 spiro atoms. The van der Waals surface area contributed by atoms with Crippen molar-refractivity contribution in [2.75, 3.05) is 31.5 Å². The van der Waals surface area contributed by atoms with E-state index in [1.807, 2.05) is 6.07 Å². The van der Waals surface area contributed by atoms with Crippen LogP contribution in [0, 0.1) is 5.92 Å². The summed E-state index contributed by atoms with van der Waals surface area (Å²) in [6, 6.07) is 8.36. The van der Waals surface area contributed by atoms with Crippen molar-refractivity contribution < 1.29 is 0 Å². The molecule has 0 aliphatic carbocycles. The minimum Gasteiger partial charge on any atom is -0.370 e. The Balaban J connectivity index is 0.00000264. The van der Waals surface area contributed by atoms with Crippen LogP contribution in [-0.4, -0.2) is 37.0 Å². The van der Waals surface area contributed by atoms with Gasteiger partial charge in [-0.3, -0.25) is 4.99 Å². The molecule has 4 nitrogen and oxygen atoms in total. The zero-order valence-corrected chi connectivity index (χ0v) is 16.9. The number of nitrogens with one attached hydrogen (secondary N) is 1. The fourth-order valence-corrected chi connectivity index (χ4v) is 2.96. The number of benzene rings is 1. The van der Waals surface area contributed by atoms with Crippen molar-refractivity contribution >= 4 is 35.6 Å². The lowest BCUT2D eigenvalue weighted by Gasteiger charge is -2.30. The van der Waals surface area contributed by atoms with Crippen LogP contribution < -0.4 is 11.1 Å². The number of rotatable bonds is 5. The second-order valence-corrected chi connectivity index (χ2v) is 6.72. The third-order valence-electron chi connectivity index (χ3n) is 4.27. The van der Waals surface area contributed by atoms with Crippen LogP contribution in [0.15, 0.2) is 29.3 Å². The number of likely N-dealkylation sites (tertiary alicyclic amines) is 1. The number of guanidine groups is 1. The van der Waals surface area contributed by atoms with E-state index in [9.17, 15) is 0 Å². The molecule has 1 fully saturated rings. The highest BCUT2D eigenvalue weighted by Gasteiger charge is 2.15. The molecule has 0 amide bonds. The average molecular weight is 430 g/mol. The van der Waals surface area contributed by atoms with Crippen molar-refractivity contribution in [1.82, 2.24) is 4.90 Å². The Kier molecular flexibility index (Phi) is 8.91. The maximum Gasteiger partial charge on any atom is 0.193 e. The average Bonchev–Trinajstić information content (AvgIpc) is 2.47. The van der Waals surface area contributed by atoms with Gasteiger partial charge in [-0.25, -0.2) is 0 Å². The normalized spacial score (nSPS) is 19.5. The molecule has 1 unspecified atom stereocenters. The molecule has 1 aliphatic rings. The second-order valence-electron chi connectivity index (χ2n) is 6.72. The minimum absolute atomic E-state index is 0. The number of nitrogens with zero attached hydrogens (tertiary/aromatic N) is 2. The van der Waals surface area contributed by atoms with Crippen molar-refractivity contribution in [2.45, 2.75) is 39.5 Å². The molecule has 130 valence electrons. The maximum absolute atomic E-state index is 6.00. The molecule has 1 aromatic carbocycles. The van der Waals surface area contributed by atoms with Crippen LogP contribution >= 0.6 is 24.0 Å². The van der Waals surface area contributed by atoms with Gasteiger partial charge in [-0.05, 0) is 48.9 Å². The molecular formula is C18H31IN4. The summed E-state index contributed by atoms with van der Waals surface area (Å²) in [5, 5.41) is 3.19. The summed E-state index contributed by atoms with van der Waals surface area (Å²) in [4.78, 5) is 6.95. The predicted molar refractivity (Wildman–Crippen MR) is 111 cm³/mol. The van der Waals surface area contributed by atoms with Crippen LogP contribution in [0.25, 0.3) is 0 Å². The van der Waals surface area contributed by atoms with E-state index < -0.39 is 0 Å². The topological polar surface area (TPSA) is 53.6 Å². The monoisotopic (exact) mass is 430 g/mol. The zero-order valence-electron chi connectivity index (χ0n) is 14.6. The van der Waals surface area contributed by atoms with E-state index in [0.29, 0.717) is 11.9 Å². The Morgan fingerprint density at radius 1 is 1.43 bits per heavy atom. The van der Waals surface area contributed by atoms with E-state index >= 15 is 0 Å². The summed E-state index contributed by atoms with van der Waals surface area (Å²) in [5.74, 6) is 1.83. The predicted octanol–water partition coefficient (Wildman–Crippen LogP) is 3.89. The molecule has 5 heteroatoms. The summed E-state index contributed by atoms with van der Waals surface area (Å²) >= 11 is 0. The van der Waals surface area contributed by atoms with E-state index in [1.165, 1.54) is 31.5 Å². The Bertz CT molecular complexity index is 502. The van der Waals surface area contributed by atoms with Crippen molar-refractivity contribution in [3.63, 3.8) is 0 Å². The lowest BCUT2D eigenvalue weighted by Crippen LogP contribution is -2.36. The first-order valence-corrected chi connectivity index (χ1v) is 8.44. The first-order valence-electron chi connectivity index (χ1n) is 8.44. The van der Waals surface area contributed by atoms with Gasteiger partial charge in [-0.1, -0.05) is 32.9 Å². The molecule has 1 saturated heterocycles. The first-order chi connectivity index (χ1) is 10.5. The molecule has 23 heavy (non-hydrogen) atoms. The zero-order chi connectivity index (χ0) is 15.9. The van der Waals surface area contributed by atoms with Gasteiger partial charge >= 0.3 is 0 Å². The van der Waals surface area contributed by atoms with Crippen molar-refractivity contribution in [3.8, 4) is 0 Å². The van der Waals surface area contributed by atoms with Gasteiger partial charge in [0.25, 0.3) is 0 Å². The van der Waals surface area contributed by atoms with E-state index in [0.717, 1.165) is 24.7 Å². The van der Waals surface area contributed by atoms with Crippen LogP contribution in [0.2, 0.25) is 0 Å². The lowest BCUT2D eigenvalue weighted by molar-refractivity contribution is 0.189. The van der Waals surface area contributed by atoms with E-state index in [2.05, 4.69) is 54.2 Å². The van der Waals surface area contributed by atoms with Crippen LogP contribution in [0.1, 0.15) is 45.1 Å². The van der Waals surface area contributed by atoms with E-state index in [4.69, 9.17) is 5.73 Å². The third-order valence-corrected chi connectivity index (χ3v) is 4.27. The standard InChI is InChI=1S/C18H30N4.HI/c1-14(2)16-7-4-8-17(12-16)21-18(19)20-9-11-22-10-5-6-15(3)13-22;/h4,7-8,12,14-15H,5-6,9-11,13H2,1-3H3,(H3,19,20,21);1H. The Morgan fingerprint density at radius 2 is 2.22 bits per heavy atom. The first kappa shape index (κ1) is 20.2. The minimum atomic E-state index is 0. The molecule has 0 saturated carbocycles. The third kappa shape index (κ3) is 7.08. The number of aliphatic imine (C=N–C) groups is 1. The smallest absolute Gasteiger partial charge is 0.193 e. The highest BCUT2D eigenvalue weighted by atomic mass is 127. The number of anilines is 1. The van der Waals surface area contributed by atoms with Gasteiger partial charge in [0.15, 0.2) is 5.96 Å². The molecule has 3 N–H and O–H groups in total. The highest BCUT2D eigenvalue weighted by molar-refractivity contribution is 14.0. The highest BCUT2D eigenvalue weighted by Crippen LogP contribution is 2.18. The van der Waals surface area contributed by atoms with Crippen LogP contribution in [0.4, 0.5) is 5.69 Å². The molecule has 1 atom stereocenters. The van der Waals surface area contributed by atoms with Crippen LogP contribution in [0.5, 0.6) is 0 Å². The van der Waals surface area contributed by atoms with Crippen LogP contribution in [-0.2, 0) is 0 Å². The van der Waals surface area contributed by atoms with E-state index in [1.54, 1.807) is 0 Å². The number of hydrogen-bond acceptors (Lipinski definition) is 2. The SMILES string of the molecule is CC1CCCN(CCN=C(N)Nc2cccc(C(C)C)c2)C1.I. The molecule has 0 radical (unpaired) electrons. The van der Waals surface area contributed by atoms with Gasteiger partial charge in [0.05, 0.1) is 6.54 Å². The van der Waals surface area contributed by atoms with Crippen molar-refractivity contribution in [2.24, 2.45) is 16.6 Å². The molecule has 0 bridgehead atoms. The number of nitrogens with two attached hydrogens (primary N) is 1. The quantitative estimate of drug-likeness (QED) is 0.424. The largest absolute Gasteiger partial charge is 0.370 e. The van der Waals surface area contributed by atoms with Gasteiger partial charge in [-0.15, -0.1) is 24.0 Å². The number of hydrogen-bond donors (Lipinski definition) is 2. The maximum atomic E-state index is 6.00. The lowest BCUT2D eigenvalue weighted by atomic mass is 10.0. The van der Waals surface area contributed by atoms with Crippen molar-refractivity contribution in [1.29, 1.82) is 0 Å². The van der Waals surface area contributed by atoms with Gasteiger partial charge in [0, 0.05) is 18.8 Å². The molecule has 1 aromatic rings. The van der Waals surface area contributed by atoms with Crippen molar-refractivity contribution in [3.05, 3.63) is 29.8 Å². The fraction of sp³-hybridized carbons (Fsp3) is 0.611. The Labute approximate surface area is 157 Å². The summed E-state index contributed by atoms with van der Waals surface area (Å²) in [7, 11) is 0. The summed E-state index contributed by atoms with van der Waals surface area (Å²) in [6.07, 6.45) is 2.66. The molecule has 1 aliphatic heterocycles. The van der Waals surface area contributed by atoms with Gasteiger partial charge in [0.1, 0.15) is 0 Å². The summed E-state index contributed by atoms with van der Waals surface area (Å²) < 4.78 is 0. The Morgan fingerprint density at radius 3 is 2.91 bits per heavy atom. The molecule has 0 aromatic heterocycles. The van der Waals surface area contributed by atoms with Gasteiger partial charge in [0.2, 0.25) is 0 Å². The van der Waals surface area contributed by atoms with Crippen LogP contribution in [0.3, 0.4) is 0 Å². The molecule has 1 heterocycles.